The van der Waals surface area contributed by atoms with E-state index in [1.807, 2.05) is 32.0 Å². The minimum Gasteiger partial charge on any atom is -0.488 e. The molecule has 188 valence electrons. The van der Waals surface area contributed by atoms with Crippen molar-refractivity contribution < 1.29 is 4.74 Å². The van der Waals surface area contributed by atoms with Crippen LogP contribution in [0.25, 0.3) is 17.7 Å². The molecular weight excluding hydrogens is 460 g/mol. The summed E-state index contributed by atoms with van der Waals surface area (Å²) in [5.41, 5.74) is 5.25. The van der Waals surface area contributed by atoms with Crippen molar-refractivity contribution in [1.29, 1.82) is 5.26 Å². The van der Waals surface area contributed by atoms with Crippen molar-refractivity contribution in [3.8, 4) is 11.8 Å². The third kappa shape index (κ3) is 7.86. The lowest BCUT2D eigenvalue weighted by atomic mass is 10.1. The summed E-state index contributed by atoms with van der Waals surface area (Å²) < 4.78 is 6.38. The topological polar surface area (TPSA) is 36.3 Å². The van der Waals surface area contributed by atoms with E-state index in [4.69, 9.17) is 4.74 Å². The first-order valence-corrected chi connectivity index (χ1v) is 13.8. The number of allylic oxidation sites excluding steroid dienone is 2. The lowest BCUT2D eigenvalue weighted by molar-refractivity contribution is 0.305. The first-order chi connectivity index (χ1) is 17.5. The van der Waals surface area contributed by atoms with Crippen LogP contribution in [-0.2, 0) is 6.61 Å². The summed E-state index contributed by atoms with van der Waals surface area (Å²) in [5, 5.41) is 9.21. The lowest BCUT2D eigenvalue weighted by Gasteiger charge is -2.25. The van der Waals surface area contributed by atoms with E-state index >= 15 is 0 Å². The van der Waals surface area contributed by atoms with Gasteiger partial charge in [-0.05, 0) is 74.2 Å². The molecule has 1 heterocycles. The minimum atomic E-state index is 0.537. The quantitative estimate of drug-likeness (QED) is 0.220. The van der Waals surface area contributed by atoms with Gasteiger partial charge in [-0.15, -0.1) is 11.3 Å². The number of unbranched alkanes of at least 4 members (excludes halogenated alkanes) is 2. The van der Waals surface area contributed by atoms with Crippen LogP contribution in [0.5, 0.6) is 5.75 Å². The molecule has 0 saturated carbocycles. The number of anilines is 1. The van der Waals surface area contributed by atoms with Gasteiger partial charge in [-0.1, -0.05) is 57.0 Å². The minimum absolute atomic E-state index is 0.537. The van der Waals surface area contributed by atoms with Crippen molar-refractivity contribution in [3.63, 3.8) is 0 Å². The number of hydrogen-bond donors (Lipinski definition) is 0. The van der Waals surface area contributed by atoms with E-state index < -0.39 is 0 Å². The predicted molar refractivity (Wildman–Crippen MR) is 156 cm³/mol. The summed E-state index contributed by atoms with van der Waals surface area (Å²) in [4.78, 5) is 4.78. The van der Waals surface area contributed by atoms with Crippen molar-refractivity contribution in [2.45, 2.75) is 60.0 Å². The van der Waals surface area contributed by atoms with Gasteiger partial charge in [0.15, 0.2) is 0 Å². The van der Waals surface area contributed by atoms with Gasteiger partial charge in [0.2, 0.25) is 0 Å². The van der Waals surface area contributed by atoms with Gasteiger partial charge in [0.05, 0.1) is 6.07 Å². The smallest absolute Gasteiger partial charge is 0.129 e. The molecule has 0 atom stereocenters. The number of thiophene rings is 1. The fourth-order valence-electron chi connectivity index (χ4n) is 3.87. The standard InChI is InChI=1S/C32H38N2OS/c1-5-7-20-34(21-8-6-2)29-16-14-28(31(22-29)35-24-27-12-10-9-11-13-27)15-17-30-18-19-32(36-30)26(4)25(3)23-33/h9-19,22H,5-8,20-21,24H2,1-4H3. The predicted octanol–water partition coefficient (Wildman–Crippen LogP) is 9.22. The summed E-state index contributed by atoms with van der Waals surface area (Å²) in [6, 6.07) is 23.4. The first kappa shape index (κ1) is 27.3. The summed E-state index contributed by atoms with van der Waals surface area (Å²) in [7, 11) is 0. The summed E-state index contributed by atoms with van der Waals surface area (Å²) in [6.45, 7) is 11.0. The zero-order chi connectivity index (χ0) is 25.8. The second-order valence-electron chi connectivity index (χ2n) is 9.09. The maximum atomic E-state index is 9.21. The van der Waals surface area contributed by atoms with E-state index in [0.29, 0.717) is 6.61 Å². The van der Waals surface area contributed by atoms with Gasteiger partial charge in [-0.25, -0.2) is 0 Å². The maximum absolute atomic E-state index is 9.21. The molecule has 0 N–H and O–H groups in total. The molecule has 1 aromatic heterocycles. The highest BCUT2D eigenvalue weighted by Gasteiger charge is 2.11. The van der Waals surface area contributed by atoms with Gasteiger partial charge in [0.1, 0.15) is 12.4 Å². The number of hydrogen-bond acceptors (Lipinski definition) is 4. The Morgan fingerprint density at radius 3 is 2.33 bits per heavy atom. The van der Waals surface area contributed by atoms with Gasteiger partial charge >= 0.3 is 0 Å². The number of benzene rings is 2. The van der Waals surface area contributed by atoms with Crippen LogP contribution in [0.2, 0.25) is 0 Å². The van der Waals surface area contributed by atoms with Crippen LogP contribution in [-0.4, -0.2) is 13.1 Å². The number of rotatable bonds is 13. The molecule has 0 bridgehead atoms. The summed E-state index contributed by atoms with van der Waals surface area (Å²) in [5.74, 6) is 0.902. The number of nitriles is 1. The second-order valence-corrected chi connectivity index (χ2v) is 10.2. The summed E-state index contributed by atoms with van der Waals surface area (Å²) in [6.07, 6.45) is 9.02. The van der Waals surface area contributed by atoms with Crippen LogP contribution < -0.4 is 9.64 Å². The summed E-state index contributed by atoms with van der Waals surface area (Å²) >= 11 is 1.70. The highest BCUT2D eigenvalue weighted by molar-refractivity contribution is 7.14. The zero-order valence-electron chi connectivity index (χ0n) is 22.1. The molecule has 0 saturated heterocycles. The maximum Gasteiger partial charge on any atom is 0.129 e. The fraction of sp³-hybridized carbons (Fsp3) is 0.344. The molecule has 0 radical (unpaired) electrons. The Balaban J connectivity index is 1.89. The fourth-order valence-corrected chi connectivity index (χ4v) is 4.84. The third-order valence-electron chi connectivity index (χ3n) is 6.32. The van der Waals surface area contributed by atoms with Crippen LogP contribution in [0.4, 0.5) is 5.69 Å². The molecule has 0 aliphatic heterocycles. The van der Waals surface area contributed by atoms with Crippen LogP contribution in [0.3, 0.4) is 0 Å². The Kier molecular flexibility index (Phi) is 10.9. The van der Waals surface area contributed by atoms with Crippen molar-refractivity contribution >= 4 is 34.7 Å². The van der Waals surface area contributed by atoms with Crippen molar-refractivity contribution in [2.24, 2.45) is 0 Å². The van der Waals surface area contributed by atoms with Crippen LogP contribution in [0, 0.1) is 11.3 Å². The highest BCUT2D eigenvalue weighted by Crippen LogP contribution is 2.31. The molecule has 3 nitrogen and oxygen atoms in total. The normalized spacial score (nSPS) is 11.9. The molecule has 2 aromatic carbocycles. The number of nitrogens with zero attached hydrogens (tertiary/aromatic N) is 2. The zero-order valence-corrected chi connectivity index (χ0v) is 22.9. The average molecular weight is 499 g/mol. The van der Waals surface area contributed by atoms with E-state index in [9.17, 15) is 5.26 Å². The molecule has 0 amide bonds. The molecule has 0 spiro atoms. The van der Waals surface area contributed by atoms with Gasteiger partial charge in [0.25, 0.3) is 0 Å². The Labute approximate surface area is 221 Å². The first-order valence-electron chi connectivity index (χ1n) is 13.0. The van der Waals surface area contributed by atoms with Crippen molar-refractivity contribution in [2.75, 3.05) is 18.0 Å². The van der Waals surface area contributed by atoms with Crippen LogP contribution in [0.15, 0.2) is 66.2 Å². The number of ether oxygens (including phenoxy) is 1. The van der Waals surface area contributed by atoms with Gasteiger partial charge in [0, 0.05) is 45.7 Å². The molecule has 3 rings (SSSR count). The monoisotopic (exact) mass is 498 g/mol. The Morgan fingerprint density at radius 2 is 1.67 bits per heavy atom. The van der Waals surface area contributed by atoms with Crippen molar-refractivity contribution in [3.05, 3.63) is 87.1 Å². The lowest BCUT2D eigenvalue weighted by Crippen LogP contribution is -2.25. The molecule has 0 aliphatic rings. The largest absolute Gasteiger partial charge is 0.488 e. The van der Waals surface area contributed by atoms with E-state index in [-0.39, 0.29) is 0 Å². The van der Waals surface area contributed by atoms with Gasteiger partial charge < -0.3 is 9.64 Å². The molecule has 0 aliphatic carbocycles. The molecule has 4 heteroatoms. The Hall–Kier alpha value is -3.29. The van der Waals surface area contributed by atoms with E-state index in [2.05, 4.69) is 79.4 Å². The molecule has 3 aromatic rings. The average Bonchev–Trinajstić information content (AvgIpc) is 3.40. The van der Waals surface area contributed by atoms with E-state index in [1.165, 1.54) is 31.4 Å². The van der Waals surface area contributed by atoms with E-state index in [0.717, 1.165) is 50.9 Å². The Morgan fingerprint density at radius 1 is 0.944 bits per heavy atom. The molecular formula is C32H38N2OS. The molecule has 0 fully saturated rings. The van der Waals surface area contributed by atoms with Gasteiger partial charge in [-0.3, -0.25) is 0 Å². The van der Waals surface area contributed by atoms with E-state index in [1.54, 1.807) is 11.3 Å². The van der Waals surface area contributed by atoms with Crippen molar-refractivity contribution in [1.82, 2.24) is 0 Å². The molecule has 36 heavy (non-hydrogen) atoms. The SMILES string of the molecule is CCCCN(CCCC)c1ccc(C=Cc2ccc(C(C)=C(C)C#N)s2)c(OCc2ccccc2)c1. The highest BCUT2D eigenvalue weighted by atomic mass is 32.1. The van der Waals surface area contributed by atoms with Crippen LogP contribution in [0.1, 0.15) is 74.3 Å². The van der Waals surface area contributed by atoms with Crippen LogP contribution >= 0.6 is 11.3 Å². The Bertz CT molecular complexity index is 1190. The van der Waals surface area contributed by atoms with Gasteiger partial charge in [-0.2, -0.15) is 5.26 Å². The molecule has 0 unspecified atom stereocenters. The second kappa shape index (κ2) is 14.3. The third-order valence-corrected chi connectivity index (χ3v) is 7.49.